The van der Waals surface area contributed by atoms with E-state index >= 15 is 0 Å². The first-order valence-electron chi connectivity index (χ1n) is 5.33. The van der Waals surface area contributed by atoms with Gasteiger partial charge in [-0.2, -0.15) is 0 Å². The minimum Gasteiger partial charge on any atom is -0.394 e. The number of aliphatic hydroxyl groups is 1. The minimum absolute atomic E-state index is 0.00283. The predicted octanol–water partition coefficient (Wildman–Crippen LogP) is 2.97. The fourth-order valence-corrected chi connectivity index (χ4v) is 2.95. The maximum absolute atomic E-state index is 9.27. The number of hydrogen-bond acceptors (Lipinski definition) is 3. The zero-order valence-electron chi connectivity index (χ0n) is 8.79. The van der Waals surface area contributed by atoms with Gasteiger partial charge < -0.3 is 10.4 Å². The van der Waals surface area contributed by atoms with Crippen molar-refractivity contribution in [1.82, 2.24) is 5.32 Å². The summed E-state index contributed by atoms with van der Waals surface area (Å²) in [6.45, 7) is 2.39. The van der Waals surface area contributed by atoms with Gasteiger partial charge in [0.2, 0.25) is 0 Å². The molecular formula is C11H16ClNOS. The summed E-state index contributed by atoms with van der Waals surface area (Å²) in [4.78, 5) is 1.27. The fourth-order valence-electron chi connectivity index (χ4n) is 1.76. The SMILES string of the molecule is CCC(NC1(CO)CC1)c1ccc(Cl)s1. The second kappa shape index (κ2) is 4.42. The molecular weight excluding hydrogens is 230 g/mol. The first kappa shape index (κ1) is 11.4. The van der Waals surface area contributed by atoms with Gasteiger partial charge in [0.25, 0.3) is 0 Å². The van der Waals surface area contributed by atoms with Crippen LogP contribution in [0.15, 0.2) is 12.1 Å². The largest absolute Gasteiger partial charge is 0.394 e. The number of nitrogens with one attached hydrogen (secondary N) is 1. The second-order valence-electron chi connectivity index (χ2n) is 4.19. The molecule has 0 saturated heterocycles. The monoisotopic (exact) mass is 245 g/mol. The summed E-state index contributed by atoms with van der Waals surface area (Å²) >= 11 is 7.54. The zero-order chi connectivity index (χ0) is 10.9. The highest BCUT2D eigenvalue weighted by atomic mass is 35.5. The highest BCUT2D eigenvalue weighted by Crippen LogP contribution is 2.39. The van der Waals surface area contributed by atoms with E-state index in [4.69, 9.17) is 11.6 Å². The van der Waals surface area contributed by atoms with Gasteiger partial charge in [0.05, 0.1) is 10.9 Å². The molecule has 1 saturated carbocycles. The lowest BCUT2D eigenvalue weighted by Gasteiger charge is -2.22. The molecule has 0 amide bonds. The highest BCUT2D eigenvalue weighted by molar-refractivity contribution is 7.16. The molecule has 1 fully saturated rings. The lowest BCUT2D eigenvalue weighted by molar-refractivity contribution is 0.218. The average Bonchev–Trinajstić information content (AvgIpc) is 2.90. The average molecular weight is 246 g/mol. The molecule has 0 radical (unpaired) electrons. The third kappa shape index (κ3) is 2.53. The van der Waals surface area contributed by atoms with Crippen molar-refractivity contribution in [1.29, 1.82) is 0 Å². The molecule has 1 aliphatic carbocycles. The molecule has 1 aromatic heterocycles. The number of hydrogen-bond donors (Lipinski definition) is 2. The molecule has 1 atom stereocenters. The Morgan fingerprint density at radius 1 is 1.60 bits per heavy atom. The molecule has 4 heteroatoms. The van der Waals surface area contributed by atoms with Gasteiger partial charge in [-0.15, -0.1) is 11.3 Å². The maximum Gasteiger partial charge on any atom is 0.0931 e. The fraction of sp³-hybridized carbons (Fsp3) is 0.636. The Bertz CT molecular complexity index is 335. The standard InChI is InChI=1S/C11H16ClNOS/c1-2-8(9-3-4-10(12)15-9)13-11(7-14)5-6-11/h3-4,8,13-14H,2,5-7H2,1H3. The van der Waals surface area contributed by atoms with Crippen LogP contribution in [0.3, 0.4) is 0 Å². The third-order valence-electron chi connectivity index (χ3n) is 2.98. The van der Waals surface area contributed by atoms with Crippen molar-refractivity contribution in [3.05, 3.63) is 21.3 Å². The van der Waals surface area contributed by atoms with Crippen molar-refractivity contribution in [2.75, 3.05) is 6.61 Å². The van der Waals surface area contributed by atoms with E-state index in [1.807, 2.05) is 6.07 Å². The molecule has 2 N–H and O–H groups in total. The van der Waals surface area contributed by atoms with E-state index in [2.05, 4.69) is 18.3 Å². The van der Waals surface area contributed by atoms with Gasteiger partial charge in [-0.1, -0.05) is 18.5 Å². The zero-order valence-corrected chi connectivity index (χ0v) is 10.4. The van der Waals surface area contributed by atoms with Gasteiger partial charge in [-0.25, -0.2) is 0 Å². The number of halogens is 1. The summed E-state index contributed by atoms with van der Waals surface area (Å²) in [6, 6.07) is 4.34. The number of rotatable bonds is 5. The smallest absolute Gasteiger partial charge is 0.0931 e. The summed E-state index contributed by atoms with van der Waals surface area (Å²) in [5.41, 5.74) is -0.00283. The van der Waals surface area contributed by atoms with Gasteiger partial charge in [-0.3, -0.25) is 0 Å². The molecule has 0 bridgehead atoms. The van der Waals surface area contributed by atoms with E-state index in [0.29, 0.717) is 6.04 Å². The Morgan fingerprint density at radius 2 is 2.33 bits per heavy atom. The van der Waals surface area contributed by atoms with Crippen molar-refractivity contribution in [2.45, 2.75) is 37.8 Å². The van der Waals surface area contributed by atoms with Crippen molar-refractivity contribution in [3.8, 4) is 0 Å². The van der Waals surface area contributed by atoms with Crippen molar-refractivity contribution < 1.29 is 5.11 Å². The van der Waals surface area contributed by atoms with Crippen LogP contribution in [0, 0.1) is 0 Å². The van der Waals surface area contributed by atoms with E-state index in [9.17, 15) is 5.11 Å². The molecule has 15 heavy (non-hydrogen) atoms. The predicted molar refractivity (Wildman–Crippen MR) is 64.5 cm³/mol. The van der Waals surface area contributed by atoms with Gasteiger partial charge in [0.1, 0.15) is 0 Å². The van der Waals surface area contributed by atoms with Crippen molar-refractivity contribution in [3.63, 3.8) is 0 Å². The normalized spacial score (nSPS) is 20.2. The van der Waals surface area contributed by atoms with Crippen LogP contribution in [-0.2, 0) is 0 Å². The quantitative estimate of drug-likeness (QED) is 0.836. The summed E-state index contributed by atoms with van der Waals surface area (Å²) in [7, 11) is 0. The van der Waals surface area contributed by atoms with Crippen LogP contribution >= 0.6 is 22.9 Å². The summed E-state index contributed by atoms with van der Waals surface area (Å²) in [6.07, 6.45) is 3.19. The van der Waals surface area contributed by atoms with Crippen LogP contribution in [-0.4, -0.2) is 17.3 Å². The first-order chi connectivity index (χ1) is 7.19. The van der Waals surface area contributed by atoms with Crippen molar-refractivity contribution in [2.24, 2.45) is 0 Å². The van der Waals surface area contributed by atoms with Crippen LogP contribution in [0.4, 0.5) is 0 Å². The lowest BCUT2D eigenvalue weighted by Crippen LogP contribution is -2.37. The van der Waals surface area contributed by atoms with E-state index < -0.39 is 0 Å². The van der Waals surface area contributed by atoms with Gasteiger partial charge in [-0.05, 0) is 31.4 Å². The Kier molecular flexibility index (Phi) is 3.36. The topological polar surface area (TPSA) is 32.3 Å². The second-order valence-corrected chi connectivity index (χ2v) is 5.93. The molecule has 0 aliphatic heterocycles. The molecule has 1 aromatic rings. The van der Waals surface area contributed by atoms with Crippen LogP contribution in [0.1, 0.15) is 37.1 Å². The molecule has 84 valence electrons. The Morgan fingerprint density at radius 3 is 2.73 bits per heavy atom. The highest BCUT2D eigenvalue weighted by Gasteiger charge is 2.43. The van der Waals surface area contributed by atoms with Gasteiger partial charge in [0, 0.05) is 16.5 Å². The number of aliphatic hydroxyl groups excluding tert-OH is 1. The molecule has 0 aromatic carbocycles. The Balaban J connectivity index is 2.04. The molecule has 1 unspecified atom stereocenters. The van der Waals surface area contributed by atoms with Gasteiger partial charge >= 0.3 is 0 Å². The summed E-state index contributed by atoms with van der Waals surface area (Å²) < 4.78 is 0.832. The Hall–Kier alpha value is -0.0900. The molecule has 2 nitrogen and oxygen atoms in total. The molecule has 0 spiro atoms. The molecule has 2 rings (SSSR count). The van der Waals surface area contributed by atoms with Gasteiger partial charge in [0.15, 0.2) is 0 Å². The maximum atomic E-state index is 9.27. The van der Waals surface area contributed by atoms with E-state index in [1.54, 1.807) is 11.3 Å². The third-order valence-corrected chi connectivity index (χ3v) is 4.33. The molecule has 1 heterocycles. The van der Waals surface area contributed by atoms with Crippen LogP contribution in [0.2, 0.25) is 4.34 Å². The first-order valence-corrected chi connectivity index (χ1v) is 6.52. The van der Waals surface area contributed by atoms with Crippen LogP contribution in [0.5, 0.6) is 0 Å². The summed E-state index contributed by atoms with van der Waals surface area (Å²) in [5.74, 6) is 0. The minimum atomic E-state index is -0.00283. The van der Waals surface area contributed by atoms with Crippen LogP contribution < -0.4 is 5.32 Å². The van der Waals surface area contributed by atoms with E-state index in [0.717, 1.165) is 23.6 Å². The van der Waals surface area contributed by atoms with Crippen molar-refractivity contribution >= 4 is 22.9 Å². The lowest BCUT2D eigenvalue weighted by atomic mass is 10.1. The summed E-state index contributed by atoms with van der Waals surface area (Å²) in [5, 5.41) is 12.8. The number of thiophene rings is 1. The molecule has 1 aliphatic rings. The van der Waals surface area contributed by atoms with E-state index in [1.165, 1.54) is 4.88 Å². The van der Waals surface area contributed by atoms with E-state index in [-0.39, 0.29) is 12.1 Å². The Labute approximate surface area is 99.3 Å². The van der Waals surface area contributed by atoms with Crippen LogP contribution in [0.25, 0.3) is 0 Å².